The van der Waals surface area contributed by atoms with Crippen LogP contribution in [0.1, 0.15) is 33.4 Å². The van der Waals surface area contributed by atoms with Gasteiger partial charge >= 0.3 is 0 Å². The molecular weight excluding hydrogens is 374 g/mol. The number of fused-ring (bicyclic) bond motifs is 1. The zero-order valence-corrected chi connectivity index (χ0v) is 18.8. The van der Waals surface area contributed by atoms with Crippen LogP contribution in [0.5, 0.6) is 5.75 Å². The molecular formula is C22H36ClN3O2. The molecule has 0 spiro atoms. The van der Waals surface area contributed by atoms with Gasteiger partial charge in [-0.15, -0.1) is 12.4 Å². The minimum absolute atomic E-state index is 0. The Morgan fingerprint density at radius 3 is 2.29 bits per heavy atom. The van der Waals surface area contributed by atoms with Crippen molar-refractivity contribution in [2.24, 2.45) is 11.8 Å². The van der Waals surface area contributed by atoms with E-state index >= 15 is 0 Å². The number of aryl methyl sites for hydroxylation is 1. The van der Waals surface area contributed by atoms with E-state index in [1.54, 1.807) is 7.11 Å². The molecule has 0 saturated carbocycles. The van der Waals surface area contributed by atoms with Crippen LogP contribution >= 0.6 is 12.4 Å². The minimum atomic E-state index is -0.450. The van der Waals surface area contributed by atoms with E-state index in [9.17, 15) is 5.11 Å². The molecule has 158 valence electrons. The third-order valence-corrected chi connectivity index (χ3v) is 4.38. The molecule has 2 rings (SSSR count). The number of ether oxygens (including phenoxy) is 1. The smallest absolute Gasteiger partial charge is 0.121 e. The maximum absolute atomic E-state index is 10.6. The summed E-state index contributed by atoms with van der Waals surface area (Å²) in [6.07, 6.45) is -0.450. The summed E-state index contributed by atoms with van der Waals surface area (Å²) in [5, 5.41) is 15.0. The van der Waals surface area contributed by atoms with Crippen molar-refractivity contribution in [1.29, 1.82) is 0 Å². The number of anilines is 1. The molecule has 2 N–H and O–H groups in total. The number of nitrogens with one attached hydrogen (secondary N) is 1. The number of aliphatic hydroxyl groups is 1. The molecule has 1 aromatic heterocycles. The summed E-state index contributed by atoms with van der Waals surface area (Å²) in [7, 11) is 1.66. The first-order chi connectivity index (χ1) is 12.8. The maximum Gasteiger partial charge on any atom is 0.121 e. The lowest BCUT2D eigenvalue weighted by Crippen LogP contribution is -2.40. The van der Waals surface area contributed by atoms with Gasteiger partial charge in [0.05, 0.1) is 24.4 Å². The molecule has 0 radical (unpaired) electrons. The van der Waals surface area contributed by atoms with E-state index in [4.69, 9.17) is 4.74 Å². The van der Waals surface area contributed by atoms with Crippen molar-refractivity contribution in [3.8, 4) is 5.75 Å². The summed E-state index contributed by atoms with van der Waals surface area (Å²) in [5.74, 6) is 1.95. The minimum Gasteiger partial charge on any atom is -0.497 e. The van der Waals surface area contributed by atoms with Gasteiger partial charge in [-0.3, -0.25) is 4.98 Å². The predicted octanol–water partition coefficient (Wildman–Crippen LogP) is 4.36. The molecule has 5 nitrogen and oxygen atoms in total. The van der Waals surface area contributed by atoms with Crippen molar-refractivity contribution in [2.45, 2.75) is 40.7 Å². The first-order valence-electron chi connectivity index (χ1n) is 9.88. The van der Waals surface area contributed by atoms with Crippen molar-refractivity contribution >= 4 is 29.0 Å². The number of rotatable bonds is 10. The molecule has 0 aliphatic heterocycles. The van der Waals surface area contributed by atoms with Crippen molar-refractivity contribution in [1.82, 2.24) is 9.88 Å². The van der Waals surface area contributed by atoms with Gasteiger partial charge < -0.3 is 20.1 Å². The van der Waals surface area contributed by atoms with Gasteiger partial charge in [-0.25, -0.2) is 0 Å². The standard InChI is InChI=1S/C22H35N3O2.ClH/c1-15(2)12-25(13-16(3)4)14-19(26)11-23-21-10-20(27-6)9-18-8-7-17(5)24-22(18)21;/h7-10,15-16,19,23,26H,11-14H2,1-6H3;1H. The Morgan fingerprint density at radius 1 is 1.07 bits per heavy atom. The Balaban J connectivity index is 0.00000392. The monoisotopic (exact) mass is 409 g/mol. The molecule has 0 bridgehead atoms. The number of hydrogen-bond donors (Lipinski definition) is 2. The van der Waals surface area contributed by atoms with Gasteiger partial charge in [0.1, 0.15) is 5.75 Å². The molecule has 0 amide bonds. The van der Waals surface area contributed by atoms with Gasteiger partial charge in [0.15, 0.2) is 0 Å². The van der Waals surface area contributed by atoms with E-state index in [1.165, 1.54) is 0 Å². The molecule has 0 fully saturated rings. The number of nitrogens with zero attached hydrogens (tertiary/aromatic N) is 2. The fraction of sp³-hybridized carbons (Fsp3) is 0.591. The summed E-state index contributed by atoms with van der Waals surface area (Å²) in [4.78, 5) is 7.01. The van der Waals surface area contributed by atoms with Gasteiger partial charge in [0, 0.05) is 43.3 Å². The fourth-order valence-electron chi connectivity index (χ4n) is 3.40. The Morgan fingerprint density at radius 2 is 1.71 bits per heavy atom. The topological polar surface area (TPSA) is 57.6 Å². The highest BCUT2D eigenvalue weighted by Gasteiger charge is 2.15. The van der Waals surface area contributed by atoms with Crippen molar-refractivity contribution in [3.63, 3.8) is 0 Å². The molecule has 2 aromatic rings. The molecule has 0 saturated heterocycles. The summed E-state index contributed by atoms with van der Waals surface area (Å²) in [6, 6.07) is 7.97. The average Bonchev–Trinajstić information content (AvgIpc) is 2.58. The molecule has 6 heteroatoms. The van der Waals surface area contributed by atoms with E-state index < -0.39 is 6.10 Å². The summed E-state index contributed by atoms with van der Waals surface area (Å²) in [6.45, 7) is 14.0. The number of hydrogen-bond acceptors (Lipinski definition) is 5. The lowest BCUT2D eigenvalue weighted by atomic mass is 10.1. The van der Waals surface area contributed by atoms with Crippen LogP contribution in [0.2, 0.25) is 0 Å². The molecule has 28 heavy (non-hydrogen) atoms. The second-order valence-electron chi connectivity index (χ2n) is 8.24. The van der Waals surface area contributed by atoms with Crippen LogP contribution in [-0.2, 0) is 0 Å². The highest BCUT2D eigenvalue weighted by molar-refractivity contribution is 5.92. The number of halogens is 1. The number of benzene rings is 1. The lowest BCUT2D eigenvalue weighted by molar-refractivity contribution is 0.107. The van der Waals surface area contributed by atoms with Crippen molar-refractivity contribution < 1.29 is 9.84 Å². The third kappa shape index (κ3) is 7.46. The summed E-state index contributed by atoms with van der Waals surface area (Å²) < 4.78 is 5.41. The predicted molar refractivity (Wildman–Crippen MR) is 121 cm³/mol. The molecule has 1 atom stereocenters. The molecule has 1 aromatic carbocycles. The van der Waals surface area contributed by atoms with Crippen LogP contribution in [0.15, 0.2) is 24.3 Å². The Bertz CT molecular complexity index is 727. The van der Waals surface area contributed by atoms with Gasteiger partial charge in [-0.2, -0.15) is 0 Å². The number of methoxy groups -OCH3 is 1. The van der Waals surface area contributed by atoms with Crippen LogP contribution in [0, 0.1) is 18.8 Å². The van der Waals surface area contributed by atoms with Gasteiger partial charge in [0.2, 0.25) is 0 Å². The Hall–Kier alpha value is -1.56. The summed E-state index contributed by atoms with van der Waals surface area (Å²) in [5.41, 5.74) is 2.77. The normalized spacial score (nSPS) is 12.5. The zero-order valence-electron chi connectivity index (χ0n) is 18.0. The summed E-state index contributed by atoms with van der Waals surface area (Å²) >= 11 is 0. The third-order valence-electron chi connectivity index (χ3n) is 4.38. The van der Waals surface area contributed by atoms with E-state index in [2.05, 4.69) is 49.0 Å². The van der Waals surface area contributed by atoms with Gasteiger partial charge in [-0.05, 0) is 30.9 Å². The molecule has 0 aliphatic carbocycles. The van der Waals surface area contributed by atoms with E-state index in [0.29, 0.717) is 24.9 Å². The molecule has 1 heterocycles. The SMILES string of the molecule is COc1cc(NCC(O)CN(CC(C)C)CC(C)C)c2nc(C)ccc2c1.Cl. The molecule has 0 aliphatic rings. The van der Waals surface area contributed by atoms with Crippen LogP contribution in [0.3, 0.4) is 0 Å². The first-order valence-corrected chi connectivity index (χ1v) is 9.88. The lowest BCUT2D eigenvalue weighted by Gasteiger charge is -2.28. The van der Waals surface area contributed by atoms with Gasteiger partial charge in [0.25, 0.3) is 0 Å². The first kappa shape index (κ1) is 24.5. The van der Waals surface area contributed by atoms with Gasteiger partial charge in [-0.1, -0.05) is 33.8 Å². The van der Waals surface area contributed by atoms with Crippen molar-refractivity contribution in [3.05, 3.63) is 30.0 Å². The van der Waals surface area contributed by atoms with Crippen LogP contribution in [0.4, 0.5) is 5.69 Å². The number of pyridine rings is 1. The van der Waals surface area contributed by atoms with Crippen molar-refractivity contribution in [2.75, 3.05) is 38.6 Å². The molecule has 1 unspecified atom stereocenters. The quantitative estimate of drug-likeness (QED) is 0.610. The number of aromatic nitrogens is 1. The van der Waals surface area contributed by atoms with Crippen LogP contribution < -0.4 is 10.1 Å². The maximum atomic E-state index is 10.6. The zero-order chi connectivity index (χ0) is 20.0. The second-order valence-corrected chi connectivity index (χ2v) is 8.24. The van der Waals surface area contributed by atoms with E-state index in [0.717, 1.165) is 41.1 Å². The largest absolute Gasteiger partial charge is 0.497 e. The average molecular weight is 410 g/mol. The van der Waals surface area contributed by atoms with Crippen LogP contribution in [0.25, 0.3) is 10.9 Å². The highest BCUT2D eigenvalue weighted by Crippen LogP contribution is 2.28. The fourth-order valence-corrected chi connectivity index (χ4v) is 3.40. The Labute approximate surface area is 175 Å². The van der Waals surface area contributed by atoms with E-state index in [-0.39, 0.29) is 12.4 Å². The Kier molecular flexibility index (Phi) is 10.0. The second kappa shape index (κ2) is 11.4. The van der Waals surface area contributed by atoms with E-state index in [1.807, 2.05) is 25.1 Å². The van der Waals surface area contributed by atoms with Crippen LogP contribution in [-0.4, -0.2) is 54.4 Å². The number of aliphatic hydroxyl groups excluding tert-OH is 1. The highest BCUT2D eigenvalue weighted by atomic mass is 35.5.